The van der Waals surface area contributed by atoms with Crippen molar-refractivity contribution >= 4 is 0 Å². The molecule has 0 aromatic rings. The molecule has 138 valence electrons. The van der Waals surface area contributed by atoms with Gasteiger partial charge in [0.25, 0.3) is 0 Å². The lowest BCUT2D eigenvalue weighted by Gasteiger charge is -2.54. The molecule has 0 bridgehead atoms. The Morgan fingerprint density at radius 2 is 1.96 bits per heavy atom. The molecule has 2 N–H and O–H groups in total. The molecule has 2 nitrogen and oxygen atoms in total. The van der Waals surface area contributed by atoms with Gasteiger partial charge in [0.05, 0.1) is 5.60 Å². The average Bonchev–Trinajstić information content (AvgIpc) is 2.76. The molecule has 3 heteroatoms. The van der Waals surface area contributed by atoms with Crippen LogP contribution < -0.4 is 0 Å². The molecule has 0 spiro atoms. The second-order valence-electron chi connectivity index (χ2n) is 9.23. The van der Waals surface area contributed by atoms with Crippen LogP contribution in [0.5, 0.6) is 0 Å². The summed E-state index contributed by atoms with van der Waals surface area (Å²) in [5.41, 5.74) is 0.880. The minimum Gasteiger partial charge on any atom is -0.396 e. The van der Waals surface area contributed by atoms with E-state index in [4.69, 9.17) is 0 Å². The van der Waals surface area contributed by atoms with E-state index >= 15 is 4.39 Å². The Hall–Kier alpha value is -0.930. The van der Waals surface area contributed by atoms with Crippen molar-refractivity contribution in [3.8, 4) is 0 Å². The second-order valence-corrected chi connectivity index (χ2v) is 9.23. The third-order valence-electron chi connectivity index (χ3n) is 8.28. The molecule has 0 aromatic heterocycles. The molecule has 25 heavy (non-hydrogen) atoms. The van der Waals surface area contributed by atoms with Crippen LogP contribution in [0.15, 0.2) is 35.5 Å². The summed E-state index contributed by atoms with van der Waals surface area (Å²) < 4.78 is 15.1. The predicted octanol–water partition coefficient (Wildman–Crippen LogP) is 4.34. The first-order valence-electron chi connectivity index (χ1n) is 9.84. The van der Waals surface area contributed by atoms with Crippen LogP contribution in [0.3, 0.4) is 0 Å². The van der Waals surface area contributed by atoms with Crippen molar-refractivity contribution in [2.75, 3.05) is 6.61 Å². The molecule has 0 aromatic carbocycles. The first kappa shape index (κ1) is 17.5. The molecule has 2 saturated carbocycles. The molecule has 2 fully saturated rings. The van der Waals surface area contributed by atoms with Crippen molar-refractivity contribution in [2.45, 2.75) is 64.6 Å². The quantitative estimate of drug-likeness (QED) is 0.730. The van der Waals surface area contributed by atoms with Gasteiger partial charge in [-0.25, -0.2) is 4.39 Å². The lowest BCUT2D eigenvalue weighted by molar-refractivity contribution is -0.113. The minimum atomic E-state index is -0.888. The Kier molecular flexibility index (Phi) is 3.87. The predicted molar refractivity (Wildman–Crippen MR) is 97.7 cm³/mol. The summed E-state index contributed by atoms with van der Waals surface area (Å²) >= 11 is 0. The monoisotopic (exact) mass is 346 g/mol. The summed E-state index contributed by atoms with van der Waals surface area (Å²) in [4.78, 5) is 0. The number of aliphatic hydroxyl groups is 2. The molecule has 4 aliphatic carbocycles. The Balaban J connectivity index is 1.79. The van der Waals surface area contributed by atoms with Crippen LogP contribution >= 0.6 is 0 Å². The molecule has 0 heterocycles. The lowest BCUT2D eigenvalue weighted by atomic mass is 9.51. The molecule has 0 aliphatic heterocycles. The largest absolute Gasteiger partial charge is 0.396 e. The zero-order valence-corrected chi connectivity index (χ0v) is 15.6. The van der Waals surface area contributed by atoms with E-state index in [0.29, 0.717) is 12.8 Å². The third-order valence-corrected chi connectivity index (χ3v) is 8.28. The van der Waals surface area contributed by atoms with Crippen LogP contribution in [-0.2, 0) is 0 Å². The van der Waals surface area contributed by atoms with E-state index < -0.39 is 11.8 Å². The van der Waals surface area contributed by atoms with Gasteiger partial charge in [-0.05, 0) is 55.9 Å². The highest BCUT2D eigenvalue weighted by atomic mass is 19.1. The number of aliphatic hydroxyl groups excluding tert-OH is 1. The first-order valence-corrected chi connectivity index (χ1v) is 9.84. The van der Waals surface area contributed by atoms with Crippen molar-refractivity contribution in [2.24, 2.45) is 28.6 Å². The molecular weight excluding hydrogens is 315 g/mol. The molecule has 7 atom stereocenters. The third kappa shape index (κ3) is 2.09. The van der Waals surface area contributed by atoms with E-state index in [2.05, 4.69) is 45.1 Å². The van der Waals surface area contributed by atoms with E-state index in [-0.39, 0.29) is 35.2 Å². The maximum absolute atomic E-state index is 15.1. The van der Waals surface area contributed by atoms with E-state index in [0.717, 1.165) is 24.8 Å². The SMILES string of the molecule is C[C@H]1C[C@H]2[C@@H]3C[C@H](F)C4=CCC=C[C@]4(C)C3=CC[C@]2(C)[C@@]1(O)CCO. The van der Waals surface area contributed by atoms with Gasteiger partial charge < -0.3 is 10.2 Å². The highest BCUT2D eigenvalue weighted by molar-refractivity contribution is 5.46. The zero-order chi connectivity index (χ0) is 18.0. The van der Waals surface area contributed by atoms with E-state index in [1.165, 1.54) is 5.57 Å². The number of halogens is 1. The van der Waals surface area contributed by atoms with Crippen LogP contribution in [0.2, 0.25) is 0 Å². The van der Waals surface area contributed by atoms with Gasteiger partial charge in [0, 0.05) is 23.9 Å². The van der Waals surface area contributed by atoms with E-state index in [9.17, 15) is 10.2 Å². The highest BCUT2D eigenvalue weighted by Gasteiger charge is 2.64. The van der Waals surface area contributed by atoms with Crippen LogP contribution in [-0.4, -0.2) is 28.6 Å². The number of fused-ring (bicyclic) bond motifs is 5. The van der Waals surface area contributed by atoms with Crippen molar-refractivity contribution in [3.05, 3.63) is 35.5 Å². The van der Waals surface area contributed by atoms with Crippen LogP contribution in [0.25, 0.3) is 0 Å². The summed E-state index contributed by atoms with van der Waals surface area (Å²) in [6, 6.07) is 0. The molecular formula is C22H31FO2. The van der Waals surface area contributed by atoms with Gasteiger partial charge >= 0.3 is 0 Å². The fourth-order valence-electron chi connectivity index (χ4n) is 6.81. The first-order chi connectivity index (χ1) is 11.8. The Morgan fingerprint density at radius 3 is 2.68 bits per heavy atom. The van der Waals surface area contributed by atoms with Crippen LogP contribution in [0.1, 0.15) is 52.9 Å². The Morgan fingerprint density at radius 1 is 1.20 bits per heavy atom. The zero-order valence-electron chi connectivity index (χ0n) is 15.6. The number of allylic oxidation sites excluding steroid dienone is 6. The van der Waals surface area contributed by atoms with E-state index in [1.54, 1.807) is 0 Å². The lowest BCUT2D eigenvalue weighted by Crippen LogP contribution is -2.53. The van der Waals surface area contributed by atoms with Gasteiger partial charge in [-0.1, -0.05) is 43.7 Å². The summed E-state index contributed by atoms with van der Waals surface area (Å²) in [6.07, 6.45) is 11.4. The minimum absolute atomic E-state index is 0.00344. The van der Waals surface area contributed by atoms with Gasteiger partial charge in [0.1, 0.15) is 6.17 Å². The highest BCUT2D eigenvalue weighted by Crippen LogP contribution is 2.67. The van der Waals surface area contributed by atoms with Crippen molar-refractivity contribution < 1.29 is 14.6 Å². The molecule has 0 unspecified atom stereocenters. The topological polar surface area (TPSA) is 40.5 Å². The summed E-state index contributed by atoms with van der Waals surface area (Å²) in [5, 5.41) is 21.0. The molecule has 0 radical (unpaired) electrons. The van der Waals surface area contributed by atoms with Crippen LogP contribution in [0.4, 0.5) is 4.39 Å². The maximum atomic E-state index is 15.1. The van der Waals surface area contributed by atoms with Crippen LogP contribution in [0, 0.1) is 28.6 Å². The van der Waals surface area contributed by atoms with Gasteiger partial charge in [-0.2, -0.15) is 0 Å². The maximum Gasteiger partial charge on any atom is 0.123 e. The average molecular weight is 346 g/mol. The van der Waals surface area contributed by atoms with Crippen molar-refractivity contribution in [1.29, 1.82) is 0 Å². The van der Waals surface area contributed by atoms with Gasteiger partial charge in [0.2, 0.25) is 0 Å². The van der Waals surface area contributed by atoms with Crippen molar-refractivity contribution in [3.63, 3.8) is 0 Å². The molecule has 0 amide bonds. The molecule has 4 rings (SSSR count). The Labute approximate surface area is 150 Å². The summed E-state index contributed by atoms with van der Waals surface area (Å²) in [7, 11) is 0. The van der Waals surface area contributed by atoms with Gasteiger partial charge in [-0.3, -0.25) is 0 Å². The fraction of sp³-hybridized carbons (Fsp3) is 0.727. The normalized spacial score (nSPS) is 51.3. The standard InChI is InChI=1S/C22H31FO2/c1-14-12-18-15-13-19(23)17-6-4-5-8-20(17,2)16(15)7-9-21(18,3)22(14,25)10-11-24/h5-8,14-15,18-19,24-25H,4,9-13H2,1-3H3/t14-,15+,18-,19-,20+,21-,22+/m0/s1. The smallest absolute Gasteiger partial charge is 0.123 e. The van der Waals surface area contributed by atoms with Crippen molar-refractivity contribution in [1.82, 2.24) is 0 Å². The number of hydrogen-bond acceptors (Lipinski definition) is 2. The molecule has 4 aliphatic rings. The Bertz CT molecular complexity index is 665. The van der Waals surface area contributed by atoms with Gasteiger partial charge in [-0.15, -0.1) is 0 Å². The molecule has 0 saturated heterocycles. The number of alkyl halides is 1. The second kappa shape index (κ2) is 5.53. The number of rotatable bonds is 2. The van der Waals surface area contributed by atoms with Gasteiger partial charge in [0.15, 0.2) is 0 Å². The van der Waals surface area contributed by atoms with E-state index in [1.807, 2.05) is 0 Å². The summed E-state index contributed by atoms with van der Waals surface area (Å²) in [6.45, 7) is 6.44. The summed E-state index contributed by atoms with van der Waals surface area (Å²) in [5.74, 6) is 0.604. The fourth-order valence-corrected chi connectivity index (χ4v) is 6.81. The number of hydrogen-bond donors (Lipinski definition) is 2.